The molecule has 0 radical (unpaired) electrons. The third kappa shape index (κ3) is 8.02. The maximum absolute atomic E-state index is 12.4. The summed E-state index contributed by atoms with van der Waals surface area (Å²) in [7, 11) is -3.26. The van der Waals surface area contributed by atoms with Gasteiger partial charge in [-0.15, -0.1) is 0 Å². The summed E-state index contributed by atoms with van der Waals surface area (Å²) in [6, 6.07) is 0. The van der Waals surface area contributed by atoms with Gasteiger partial charge in [0.15, 0.2) is 5.96 Å². The van der Waals surface area contributed by atoms with E-state index < -0.39 is 10.0 Å². The molecule has 0 spiro atoms. The molecule has 1 aliphatic rings. The molecule has 0 unspecified atom stereocenters. The van der Waals surface area contributed by atoms with Crippen LogP contribution in [-0.4, -0.2) is 92.3 Å². The Morgan fingerprint density at radius 1 is 1.27 bits per heavy atom. The molecule has 0 saturated carbocycles. The van der Waals surface area contributed by atoms with Crippen molar-refractivity contribution in [2.24, 2.45) is 4.99 Å². The highest BCUT2D eigenvalue weighted by Crippen LogP contribution is 2.21. The number of piperazine rings is 1. The molecule has 1 N–H and O–H groups in total. The minimum atomic E-state index is -3.26. The van der Waals surface area contributed by atoms with Crippen LogP contribution in [0, 0.1) is 0 Å². The van der Waals surface area contributed by atoms with Gasteiger partial charge in [0.25, 0.3) is 0 Å². The van der Waals surface area contributed by atoms with Gasteiger partial charge in [-0.3, -0.25) is 4.99 Å². The molecule has 1 heterocycles. The molecule has 0 atom stereocenters. The van der Waals surface area contributed by atoms with Crippen LogP contribution in [0.5, 0.6) is 0 Å². The van der Waals surface area contributed by atoms with Gasteiger partial charge in [-0.05, 0) is 40.9 Å². The van der Waals surface area contributed by atoms with Crippen molar-refractivity contribution in [1.82, 2.24) is 14.5 Å². The average Bonchev–Trinajstić information content (AvgIpc) is 2.58. The van der Waals surface area contributed by atoms with Crippen LogP contribution in [0.3, 0.4) is 0 Å². The lowest BCUT2D eigenvalue weighted by Gasteiger charge is -2.36. The van der Waals surface area contributed by atoms with E-state index in [1.54, 1.807) is 16.1 Å². The van der Waals surface area contributed by atoms with E-state index in [0.29, 0.717) is 26.2 Å². The molecule has 0 aliphatic carbocycles. The monoisotopic (exact) mass is 408 g/mol. The molecule has 0 bridgehead atoms. The number of guanidine groups is 1. The van der Waals surface area contributed by atoms with Crippen molar-refractivity contribution in [2.45, 2.75) is 45.5 Å². The molecule has 1 rings (SSSR count). The van der Waals surface area contributed by atoms with Crippen LogP contribution in [0.25, 0.3) is 0 Å². The molecule has 0 aromatic carbocycles. The first kappa shape index (κ1) is 23.5. The Balaban J connectivity index is 2.62. The van der Waals surface area contributed by atoms with Gasteiger partial charge >= 0.3 is 0 Å². The Kier molecular flexibility index (Phi) is 9.71. The number of hydrogen-bond donors (Lipinski definition) is 1. The number of ether oxygens (including phenoxy) is 1. The third-order valence-corrected chi connectivity index (χ3v) is 7.29. The lowest BCUT2D eigenvalue weighted by atomic mass is 10.2. The van der Waals surface area contributed by atoms with Gasteiger partial charge in [0.05, 0.1) is 25.0 Å². The van der Waals surface area contributed by atoms with Crippen LogP contribution in [0.15, 0.2) is 4.99 Å². The highest BCUT2D eigenvalue weighted by Gasteiger charge is 2.28. The van der Waals surface area contributed by atoms with Crippen molar-refractivity contribution in [2.75, 3.05) is 57.9 Å². The van der Waals surface area contributed by atoms with Gasteiger partial charge in [-0.25, -0.2) is 8.42 Å². The van der Waals surface area contributed by atoms with Crippen molar-refractivity contribution in [3.63, 3.8) is 0 Å². The molecule has 26 heavy (non-hydrogen) atoms. The summed E-state index contributed by atoms with van der Waals surface area (Å²) >= 11 is 1.79. The molecule has 9 heteroatoms. The topological polar surface area (TPSA) is 74.2 Å². The van der Waals surface area contributed by atoms with E-state index >= 15 is 0 Å². The van der Waals surface area contributed by atoms with Crippen LogP contribution in [0.2, 0.25) is 0 Å². The maximum atomic E-state index is 12.4. The molecule has 7 nitrogen and oxygen atoms in total. The van der Waals surface area contributed by atoms with E-state index in [-0.39, 0.29) is 23.2 Å². The zero-order valence-corrected chi connectivity index (χ0v) is 18.8. The summed E-state index contributed by atoms with van der Waals surface area (Å²) < 4.78 is 31.9. The Morgan fingerprint density at radius 3 is 2.38 bits per heavy atom. The molecule has 0 aromatic rings. The molecular weight excluding hydrogens is 372 g/mol. The van der Waals surface area contributed by atoms with Crippen LogP contribution in [-0.2, 0) is 14.8 Å². The zero-order valence-electron chi connectivity index (χ0n) is 17.1. The van der Waals surface area contributed by atoms with Gasteiger partial charge < -0.3 is 15.0 Å². The molecule has 0 amide bonds. The van der Waals surface area contributed by atoms with Gasteiger partial charge in [0.2, 0.25) is 10.0 Å². The lowest BCUT2D eigenvalue weighted by Crippen LogP contribution is -2.54. The van der Waals surface area contributed by atoms with Crippen molar-refractivity contribution in [3.05, 3.63) is 0 Å². The third-order valence-electron chi connectivity index (χ3n) is 4.22. The van der Waals surface area contributed by atoms with E-state index in [4.69, 9.17) is 9.73 Å². The molecule has 1 fully saturated rings. The predicted octanol–water partition coefficient (Wildman–Crippen LogP) is 1.47. The summed E-state index contributed by atoms with van der Waals surface area (Å²) in [5, 5.41) is 3.33. The first-order valence-electron chi connectivity index (χ1n) is 9.29. The van der Waals surface area contributed by atoms with Crippen LogP contribution < -0.4 is 5.32 Å². The standard InChI is InChI=1S/C17H36N4O3S2/c1-7-18-16(19-14-17(4,5)25-6)20-8-10-21(11-9-20)26(22,23)13-12-24-15(2)3/h15H,7-14H2,1-6H3,(H,18,19). The molecule has 1 aliphatic heterocycles. The number of hydrogen-bond acceptors (Lipinski definition) is 5. The molecule has 1 saturated heterocycles. The van der Waals surface area contributed by atoms with E-state index in [2.05, 4.69) is 30.3 Å². The van der Waals surface area contributed by atoms with Crippen molar-refractivity contribution >= 4 is 27.7 Å². The number of thioether (sulfide) groups is 1. The van der Waals surface area contributed by atoms with Crippen LogP contribution in [0.4, 0.5) is 0 Å². The largest absolute Gasteiger partial charge is 0.378 e. The second-order valence-electron chi connectivity index (χ2n) is 7.26. The van der Waals surface area contributed by atoms with Crippen molar-refractivity contribution in [1.29, 1.82) is 0 Å². The number of sulfonamides is 1. The summed E-state index contributed by atoms with van der Waals surface area (Å²) in [5.74, 6) is 0.913. The minimum absolute atomic E-state index is 0.0429. The fourth-order valence-corrected chi connectivity index (χ4v) is 3.93. The van der Waals surface area contributed by atoms with Gasteiger partial charge in [0.1, 0.15) is 0 Å². The Labute approximate surface area is 164 Å². The summed E-state index contributed by atoms with van der Waals surface area (Å²) in [6.07, 6.45) is 2.14. The Hall–Kier alpha value is -0.510. The second-order valence-corrected chi connectivity index (χ2v) is 10.9. The summed E-state index contributed by atoms with van der Waals surface area (Å²) in [6.45, 7) is 14.2. The van der Waals surface area contributed by atoms with Crippen molar-refractivity contribution in [3.8, 4) is 0 Å². The number of nitrogens with zero attached hydrogens (tertiary/aromatic N) is 3. The van der Waals surface area contributed by atoms with E-state index in [9.17, 15) is 8.42 Å². The fraction of sp³-hybridized carbons (Fsp3) is 0.941. The smallest absolute Gasteiger partial charge is 0.216 e. The van der Waals surface area contributed by atoms with Crippen LogP contribution >= 0.6 is 11.8 Å². The number of aliphatic imine (C=N–C) groups is 1. The molecule has 154 valence electrons. The summed E-state index contributed by atoms with van der Waals surface area (Å²) in [5.41, 5.74) is 0. The number of nitrogens with one attached hydrogen (secondary N) is 1. The fourth-order valence-electron chi connectivity index (χ4n) is 2.45. The minimum Gasteiger partial charge on any atom is -0.378 e. The quantitative estimate of drug-likeness (QED) is 0.460. The van der Waals surface area contributed by atoms with Gasteiger partial charge in [-0.1, -0.05) is 0 Å². The first-order valence-corrected chi connectivity index (χ1v) is 12.1. The lowest BCUT2D eigenvalue weighted by molar-refractivity contribution is 0.0904. The molecule has 0 aromatic heterocycles. The Morgan fingerprint density at radius 2 is 1.88 bits per heavy atom. The SMILES string of the molecule is CCNC(=NCC(C)(C)SC)N1CCN(S(=O)(=O)CCOC(C)C)CC1. The average molecular weight is 409 g/mol. The van der Waals surface area contributed by atoms with Gasteiger partial charge in [-0.2, -0.15) is 16.1 Å². The van der Waals surface area contributed by atoms with Crippen molar-refractivity contribution < 1.29 is 13.2 Å². The van der Waals surface area contributed by atoms with E-state index in [1.165, 1.54) is 0 Å². The van der Waals surface area contributed by atoms with E-state index in [0.717, 1.165) is 19.0 Å². The summed E-state index contributed by atoms with van der Waals surface area (Å²) in [4.78, 5) is 6.91. The zero-order chi connectivity index (χ0) is 19.8. The Bertz CT molecular complexity index is 542. The predicted molar refractivity (Wildman–Crippen MR) is 112 cm³/mol. The second kappa shape index (κ2) is 10.7. The van der Waals surface area contributed by atoms with E-state index in [1.807, 2.05) is 20.8 Å². The highest BCUT2D eigenvalue weighted by atomic mass is 32.2. The normalized spacial score (nSPS) is 17.8. The van der Waals surface area contributed by atoms with Gasteiger partial charge in [0, 0.05) is 37.5 Å². The molecular formula is C17H36N4O3S2. The highest BCUT2D eigenvalue weighted by molar-refractivity contribution is 7.99. The first-order chi connectivity index (χ1) is 12.1. The maximum Gasteiger partial charge on any atom is 0.216 e. The number of rotatable bonds is 9. The van der Waals surface area contributed by atoms with Crippen LogP contribution in [0.1, 0.15) is 34.6 Å².